The summed E-state index contributed by atoms with van der Waals surface area (Å²) in [5, 5.41) is 0.772. The average molecular weight is 289 g/mol. The van der Waals surface area contributed by atoms with Crippen LogP contribution in [0.25, 0.3) is 0 Å². The standard InChI is InChI=1S/C12H15BrClN/c1-12(2)9(6-15)11(12)8-4-3-7(14)5-10(8)13/h3-5,9,11H,6,15H2,1-2H3. The van der Waals surface area contributed by atoms with Crippen LogP contribution in [0.15, 0.2) is 22.7 Å². The van der Waals surface area contributed by atoms with E-state index in [1.807, 2.05) is 12.1 Å². The SMILES string of the molecule is CC1(C)C(CN)C1c1ccc(Cl)cc1Br. The molecule has 1 aliphatic rings. The molecular weight excluding hydrogens is 273 g/mol. The van der Waals surface area contributed by atoms with Crippen LogP contribution in [0.3, 0.4) is 0 Å². The summed E-state index contributed by atoms with van der Waals surface area (Å²) in [5.41, 5.74) is 7.43. The molecule has 1 nitrogen and oxygen atoms in total. The summed E-state index contributed by atoms with van der Waals surface area (Å²) < 4.78 is 1.10. The summed E-state index contributed by atoms with van der Waals surface area (Å²) in [5.74, 6) is 1.16. The third-order valence-electron chi connectivity index (χ3n) is 3.60. The minimum atomic E-state index is 0.325. The van der Waals surface area contributed by atoms with E-state index >= 15 is 0 Å². The Balaban J connectivity index is 2.33. The first-order valence-electron chi connectivity index (χ1n) is 5.13. The van der Waals surface area contributed by atoms with Crippen LogP contribution in [0.5, 0.6) is 0 Å². The average Bonchev–Trinajstić information content (AvgIpc) is 2.68. The van der Waals surface area contributed by atoms with Crippen molar-refractivity contribution >= 4 is 27.5 Å². The van der Waals surface area contributed by atoms with Crippen LogP contribution < -0.4 is 5.73 Å². The van der Waals surface area contributed by atoms with E-state index in [2.05, 4.69) is 35.8 Å². The maximum Gasteiger partial charge on any atom is 0.0417 e. The molecule has 0 aromatic heterocycles. The van der Waals surface area contributed by atoms with Crippen LogP contribution in [0, 0.1) is 11.3 Å². The van der Waals surface area contributed by atoms with Gasteiger partial charge in [-0.25, -0.2) is 0 Å². The molecule has 0 spiro atoms. The van der Waals surface area contributed by atoms with Crippen molar-refractivity contribution in [3.05, 3.63) is 33.3 Å². The Morgan fingerprint density at radius 1 is 1.47 bits per heavy atom. The van der Waals surface area contributed by atoms with Crippen LogP contribution in [-0.2, 0) is 0 Å². The van der Waals surface area contributed by atoms with Crippen molar-refractivity contribution in [1.29, 1.82) is 0 Å². The highest BCUT2D eigenvalue weighted by Crippen LogP contribution is 2.64. The second-order valence-corrected chi connectivity index (χ2v) is 6.10. The molecule has 2 unspecified atom stereocenters. The first kappa shape index (κ1) is 11.4. The summed E-state index contributed by atoms with van der Waals surface area (Å²) in [4.78, 5) is 0. The van der Waals surface area contributed by atoms with Gasteiger partial charge in [-0.2, -0.15) is 0 Å². The zero-order valence-corrected chi connectivity index (χ0v) is 11.3. The van der Waals surface area contributed by atoms with E-state index in [-0.39, 0.29) is 0 Å². The predicted octanol–water partition coefficient (Wildman–Crippen LogP) is 3.80. The Bertz CT molecular complexity index is 389. The molecule has 2 N–H and O–H groups in total. The maximum absolute atomic E-state index is 5.93. The van der Waals surface area contributed by atoms with Crippen molar-refractivity contribution in [1.82, 2.24) is 0 Å². The molecule has 1 saturated carbocycles. The number of nitrogens with two attached hydrogens (primary N) is 1. The van der Waals surface area contributed by atoms with Crippen molar-refractivity contribution < 1.29 is 0 Å². The van der Waals surface area contributed by atoms with Gasteiger partial charge in [0.1, 0.15) is 0 Å². The van der Waals surface area contributed by atoms with Gasteiger partial charge in [0, 0.05) is 9.50 Å². The number of benzene rings is 1. The quantitative estimate of drug-likeness (QED) is 0.880. The second kappa shape index (κ2) is 3.76. The summed E-state index contributed by atoms with van der Waals surface area (Å²) in [6, 6.07) is 6.01. The molecule has 1 aromatic carbocycles. The van der Waals surface area contributed by atoms with Crippen molar-refractivity contribution in [3.63, 3.8) is 0 Å². The van der Waals surface area contributed by atoms with Gasteiger partial charge in [-0.05, 0) is 41.5 Å². The molecule has 3 heteroatoms. The Kier molecular flexibility index (Phi) is 2.87. The van der Waals surface area contributed by atoms with Gasteiger partial charge in [0.2, 0.25) is 0 Å². The molecule has 0 aliphatic heterocycles. The third kappa shape index (κ3) is 1.83. The van der Waals surface area contributed by atoms with E-state index in [1.54, 1.807) is 0 Å². The maximum atomic E-state index is 5.93. The summed E-state index contributed by atoms with van der Waals surface area (Å²) in [7, 11) is 0. The fourth-order valence-corrected chi connectivity index (χ4v) is 3.48. The van der Waals surface area contributed by atoms with Crippen molar-refractivity contribution in [3.8, 4) is 0 Å². The molecule has 1 aliphatic carbocycles. The summed E-state index contributed by atoms with van der Waals surface area (Å²) >= 11 is 9.50. The molecular formula is C12H15BrClN. The third-order valence-corrected chi connectivity index (χ3v) is 4.52. The molecule has 1 aromatic rings. The first-order valence-corrected chi connectivity index (χ1v) is 6.30. The molecule has 2 atom stereocenters. The lowest BCUT2D eigenvalue weighted by Gasteiger charge is -2.06. The molecule has 0 radical (unpaired) electrons. The minimum Gasteiger partial charge on any atom is -0.330 e. The Hall–Kier alpha value is -0.0500. The van der Waals surface area contributed by atoms with Crippen LogP contribution >= 0.6 is 27.5 Å². The van der Waals surface area contributed by atoms with Gasteiger partial charge in [-0.3, -0.25) is 0 Å². The van der Waals surface area contributed by atoms with E-state index in [9.17, 15) is 0 Å². The normalized spacial score (nSPS) is 27.8. The van der Waals surface area contributed by atoms with Crippen molar-refractivity contribution in [2.75, 3.05) is 6.54 Å². The van der Waals surface area contributed by atoms with Gasteiger partial charge in [-0.1, -0.05) is 47.4 Å². The lowest BCUT2D eigenvalue weighted by atomic mass is 10.0. The molecule has 0 heterocycles. The van der Waals surface area contributed by atoms with Gasteiger partial charge in [0.25, 0.3) is 0 Å². The molecule has 0 saturated heterocycles. The van der Waals surface area contributed by atoms with E-state index in [4.69, 9.17) is 17.3 Å². The molecule has 82 valence electrons. The smallest absolute Gasteiger partial charge is 0.0417 e. The predicted molar refractivity (Wildman–Crippen MR) is 68.2 cm³/mol. The monoisotopic (exact) mass is 287 g/mol. The number of rotatable bonds is 2. The fraction of sp³-hybridized carbons (Fsp3) is 0.500. The van der Waals surface area contributed by atoms with E-state index in [0.29, 0.717) is 17.3 Å². The van der Waals surface area contributed by atoms with Gasteiger partial charge >= 0.3 is 0 Å². The zero-order chi connectivity index (χ0) is 11.2. The van der Waals surface area contributed by atoms with Crippen LogP contribution in [0.2, 0.25) is 5.02 Å². The van der Waals surface area contributed by atoms with Crippen LogP contribution in [-0.4, -0.2) is 6.54 Å². The van der Waals surface area contributed by atoms with E-state index in [1.165, 1.54) is 5.56 Å². The van der Waals surface area contributed by atoms with Gasteiger partial charge < -0.3 is 5.73 Å². The topological polar surface area (TPSA) is 26.0 Å². The summed E-state index contributed by atoms with van der Waals surface area (Å²) in [6.07, 6.45) is 0. The molecule has 15 heavy (non-hydrogen) atoms. The Morgan fingerprint density at radius 3 is 2.60 bits per heavy atom. The lowest BCUT2D eigenvalue weighted by molar-refractivity contribution is 0.558. The fourth-order valence-electron chi connectivity index (χ4n) is 2.56. The zero-order valence-electron chi connectivity index (χ0n) is 8.93. The van der Waals surface area contributed by atoms with Crippen molar-refractivity contribution in [2.24, 2.45) is 17.1 Å². The number of halogens is 2. The number of hydrogen-bond acceptors (Lipinski definition) is 1. The van der Waals surface area contributed by atoms with E-state index in [0.717, 1.165) is 16.0 Å². The minimum absolute atomic E-state index is 0.325. The van der Waals surface area contributed by atoms with Gasteiger partial charge in [0.15, 0.2) is 0 Å². The Labute approximate surface area is 104 Å². The van der Waals surface area contributed by atoms with Gasteiger partial charge in [-0.15, -0.1) is 0 Å². The second-order valence-electron chi connectivity index (χ2n) is 4.81. The largest absolute Gasteiger partial charge is 0.330 e. The first-order chi connectivity index (χ1) is 6.98. The Morgan fingerprint density at radius 2 is 2.13 bits per heavy atom. The van der Waals surface area contributed by atoms with E-state index < -0.39 is 0 Å². The highest BCUT2D eigenvalue weighted by Gasteiger charge is 2.57. The number of hydrogen-bond donors (Lipinski definition) is 1. The molecule has 0 amide bonds. The summed E-state index contributed by atoms with van der Waals surface area (Å²) in [6.45, 7) is 5.30. The lowest BCUT2D eigenvalue weighted by Crippen LogP contribution is -2.05. The molecule has 2 rings (SSSR count). The van der Waals surface area contributed by atoms with Crippen LogP contribution in [0.1, 0.15) is 25.3 Å². The highest BCUT2D eigenvalue weighted by atomic mass is 79.9. The molecule has 1 fully saturated rings. The van der Waals surface area contributed by atoms with Crippen LogP contribution in [0.4, 0.5) is 0 Å². The van der Waals surface area contributed by atoms with Gasteiger partial charge in [0.05, 0.1) is 0 Å². The molecule has 0 bridgehead atoms. The highest BCUT2D eigenvalue weighted by molar-refractivity contribution is 9.10. The van der Waals surface area contributed by atoms with Crippen molar-refractivity contribution in [2.45, 2.75) is 19.8 Å².